The second-order valence-electron chi connectivity index (χ2n) is 5.98. The minimum Gasteiger partial charge on any atom is -0.332 e. The topological polar surface area (TPSA) is 32.3 Å². The first-order valence-corrected chi connectivity index (χ1v) is 7.41. The molecule has 0 bridgehead atoms. The minimum atomic E-state index is 0.226. The highest BCUT2D eigenvalue weighted by molar-refractivity contribution is 5.94. The van der Waals surface area contributed by atoms with Gasteiger partial charge in [-0.2, -0.15) is 0 Å². The highest BCUT2D eigenvalue weighted by atomic mass is 16.2. The number of hydrogen-bond donors (Lipinski definition) is 1. The Balaban J connectivity index is 1.75. The molecule has 20 heavy (non-hydrogen) atoms. The Hall–Kier alpha value is -1.61. The molecule has 1 aliphatic heterocycles. The summed E-state index contributed by atoms with van der Waals surface area (Å²) in [5.41, 5.74) is 4.70. The van der Waals surface area contributed by atoms with Crippen molar-refractivity contribution in [3.8, 4) is 0 Å². The van der Waals surface area contributed by atoms with Crippen LogP contribution in [0.4, 0.5) is 0 Å². The van der Waals surface area contributed by atoms with Gasteiger partial charge in [0.05, 0.1) is 0 Å². The molecule has 1 amide bonds. The number of nitrogens with one attached hydrogen (secondary N) is 1. The van der Waals surface area contributed by atoms with Crippen LogP contribution in [0.5, 0.6) is 0 Å². The van der Waals surface area contributed by atoms with Gasteiger partial charge in [-0.3, -0.25) is 4.79 Å². The molecule has 3 nitrogen and oxygen atoms in total. The zero-order valence-corrected chi connectivity index (χ0v) is 12.3. The van der Waals surface area contributed by atoms with Gasteiger partial charge in [0.1, 0.15) is 0 Å². The zero-order chi connectivity index (χ0) is 14.1. The fourth-order valence-corrected chi connectivity index (χ4v) is 2.52. The summed E-state index contributed by atoms with van der Waals surface area (Å²) >= 11 is 0. The number of carbonyl (C=O) groups excluding carboxylic acids is 1. The second kappa shape index (κ2) is 5.41. The predicted octanol–water partition coefficient (Wildman–Crippen LogP) is 2.41. The van der Waals surface area contributed by atoms with Crippen LogP contribution in [0.25, 0.3) is 0 Å². The Morgan fingerprint density at radius 2 is 1.90 bits per heavy atom. The standard InChI is InChI=1S/C17H22N2O/c1-12-3-5-14(6-4-12)11-19(16-7-8-16)17(20)13(2)15-9-18-10-15/h3-6,16,18H,7-11H2,1-2H3. The molecule has 1 aromatic carbocycles. The van der Waals surface area contributed by atoms with Gasteiger partial charge in [0.15, 0.2) is 0 Å². The molecule has 3 rings (SSSR count). The van der Waals surface area contributed by atoms with E-state index in [1.54, 1.807) is 0 Å². The van der Waals surface area contributed by atoms with E-state index in [0.717, 1.165) is 38.0 Å². The molecule has 106 valence electrons. The summed E-state index contributed by atoms with van der Waals surface area (Å²) in [6, 6.07) is 8.95. The van der Waals surface area contributed by atoms with Crippen molar-refractivity contribution in [1.82, 2.24) is 10.2 Å². The van der Waals surface area contributed by atoms with Gasteiger partial charge in [-0.25, -0.2) is 0 Å². The van der Waals surface area contributed by atoms with Crippen LogP contribution >= 0.6 is 0 Å². The maximum absolute atomic E-state index is 12.7. The molecule has 0 radical (unpaired) electrons. The maximum Gasteiger partial charge on any atom is 0.250 e. The van der Waals surface area contributed by atoms with Crippen LogP contribution in [0, 0.1) is 6.92 Å². The monoisotopic (exact) mass is 270 g/mol. The Kier molecular flexibility index (Phi) is 3.62. The van der Waals surface area contributed by atoms with Crippen LogP contribution in [-0.2, 0) is 11.3 Å². The number of hydrogen-bond acceptors (Lipinski definition) is 2. The van der Waals surface area contributed by atoms with Crippen LogP contribution in [0.1, 0.15) is 30.9 Å². The zero-order valence-electron chi connectivity index (χ0n) is 12.3. The molecule has 1 N–H and O–H groups in total. The van der Waals surface area contributed by atoms with E-state index in [9.17, 15) is 4.79 Å². The number of nitrogens with zero attached hydrogens (tertiary/aromatic N) is 1. The average Bonchev–Trinajstić information content (AvgIpc) is 3.19. The van der Waals surface area contributed by atoms with Crippen LogP contribution in [0.3, 0.4) is 0 Å². The van der Waals surface area contributed by atoms with E-state index < -0.39 is 0 Å². The summed E-state index contributed by atoms with van der Waals surface area (Å²) in [6.07, 6.45) is 2.30. The molecule has 3 heteroatoms. The summed E-state index contributed by atoms with van der Waals surface area (Å²) in [4.78, 5) is 14.7. The van der Waals surface area contributed by atoms with Gasteiger partial charge in [0.25, 0.3) is 0 Å². The molecule has 2 fully saturated rings. The van der Waals surface area contributed by atoms with Gasteiger partial charge >= 0.3 is 0 Å². The van der Waals surface area contributed by atoms with Crippen molar-refractivity contribution in [1.29, 1.82) is 0 Å². The number of aryl methyl sites for hydroxylation is 1. The van der Waals surface area contributed by atoms with E-state index >= 15 is 0 Å². The van der Waals surface area contributed by atoms with Crippen LogP contribution in [0.15, 0.2) is 35.4 Å². The van der Waals surface area contributed by atoms with E-state index in [1.807, 2.05) is 6.92 Å². The highest BCUT2D eigenvalue weighted by Crippen LogP contribution is 2.30. The van der Waals surface area contributed by atoms with Crippen molar-refractivity contribution in [2.75, 3.05) is 13.1 Å². The predicted molar refractivity (Wildman–Crippen MR) is 80.3 cm³/mol. The minimum absolute atomic E-state index is 0.226. The molecule has 0 spiro atoms. The molecule has 0 atom stereocenters. The molecule has 0 unspecified atom stereocenters. The summed E-state index contributed by atoms with van der Waals surface area (Å²) in [6.45, 7) is 6.55. The fourth-order valence-electron chi connectivity index (χ4n) is 2.52. The van der Waals surface area contributed by atoms with E-state index in [0.29, 0.717) is 6.04 Å². The Morgan fingerprint density at radius 3 is 2.40 bits per heavy atom. The third-order valence-electron chi connectivity index (χ3n) is 4.25. The average molecular weight is 270 g/mol. The summed E-state index contributed by atoms with van der Waals surface area (Å²) in [5, 5.41) is 3.21. The first-order valence-electron chi connectivity index (χ1n) is 7.41. The van der Waals surface area contributed by atoms with Crippen molar-refractivity contribution in [2.45, 2.75) is 39.3 Å². The Bertz CT molecular complexity index is 535. The molecule has 2 aliphatic rings. The lowest BCUT2D eigenvalue weighted by Crippen LogP contribution is -2.39. The van der Waals surface area contributed by atoms with E-state index in [2.05, 4.69) is 41.4 Å². The number of amides is 1. The van der Waals surface area contributed by atoms with Crippen molar-refractivity contribution in [2.24, 2.45) is 0 Å². The SMILES string of the molecule is CC(C(=O)N(Cc1ccc(C)cc1)C1CC1)=C1CNC1. The summed E-state index contributed by atoms with van der Waals surface area (Å²) in [7, 11) is 0. The normalized spacial score (nSPS) is 17.6. The largest absolute Gasteiger partial charge is 0.332 e. The third kappa shape index (κ3) is 2.78. The Labute approximate surface area is 120 Å². The molecule has 1 aliphatic carbocycles. The third-order valence-corrected chi connectivity index (χ3v) is 4.25. The van der Waals surface area contributed by atoms with E-state index in [1.165, 1.54) is 16.7 Å². The lowest BCUT2D eigenvalue weighted by molar-refractivity contribution is -0.128. The molecular weight excluding hydrogens is 248 g/mol. The van der Waals surface area contributed by atoms with Gasteiger partial charge in [-0.15, -0.1) is 0 Å². The molecule has 1 heterocycles. The molecule has 1 aromatic rings. The summed E-state index contributed by atoms with van der Waals surface area (Å²) < 4.78 is 0. The lowest BCUT2D eigenvalue weighted by Gasteiger charge is -2.27. The van der Waals surface area contributed by atoms with Gasteiger partial charge in [-0.1, -0.05) is 29.8 Å². The van der Waals surface area contributed by atoms with Crippen LogP contribution in [-0.4, -0.2) is 29.9 Å². The van der Waals surface area contributed by atoms with Crippen LogP contribution in [0.2, 0.25) is 0 Å². The molecular formula is C17H22N2O. The smallest absolute Gasteiger partial charge is 0.250 e. The first kappa shape index (κ1) is 13.4. The number of rotatable bonds is 4. The van der Waals surface area contributed by atoms with Gasteiger partial charge in [0.2, 0.25) is 5.91 Å². The number of benzene rings is 1. The Morgan fingerprint density at radius 1 is 1.25 bits per heavy atom. The van der Waals surface area contributed by atoms with Gasteiger partial charge in [-0.05, 0) is 37.8 Å². The first-order chi connectivity index (χ1) is 9.65. The second-order valence-corrected chi connectivity index (χ2v) is 5.98. The van der Waals surface area contributed by atoms with Crippen molar-refractivity contribution < 1.29 is 4.79 Å². The van der Waals surface area contributed by atoms with E-state index in [-0.39, 0.29) is 5.91 Å². The molecule has 1 saturated heterocycles. The lowest BCUT2D eigenvalue weighted by atomic mass is 10.0. The highest BCUT2D eigenvalue weighted by Gasteiger charge is 2.34. The van der Waals surface area contributed by atoms with Gasteiger partial charge in [0, 0.05) is 31.2 Å². The van der Waals surface area contributed by atoms with Gasteiger partial charge < -0.3 is 10.2 Å². The fraction of sp³-hybridized carbons (Fsp3) is 0.471. The van der Waals surface area contributed by atoms with Crippen LogP contribution < -0.4 is 5.32 Å². The van der Waals surface area contributed by atoms with Crippen molar-refractivity contribution >= 4 is 5.91 Å². The maximum atomic E-state index is 12.7. The molecule has 0 aromatic heterocycles. The van der Waals surface area contributed by atoms with Crippen molar-refractivity contribution in [3.05, 3.63) is 46.5 Å². The summed E-state index contributed by atoms with van der Waals surface area (Å²) in [5.74, 6) is 0.226. The van der Waals surface area contributed by atoms with Crippen molar-refractivity contribution in [3.63, 3.8) is 0 Å². The quantitative estimate of drug-likeness (QED) is 0.852. The van der Waals surface area contributed by atoms with E-state index in [4.69, 9.17) is 0 Å². The molecule has 1 saturated carbocycles. The number of carbonyl (C=O) groups is 1.